The van der Waals surface area contributed by atoms with Gasteiger partial charge in [0.05, 0.1) is 6.33 Å². The standard InChI is InChI=1S/C18H13F3N6O2/c19-18(20,21)29-14-4-2-1-3-13(14)12-5-6-15-23-17(25-27(15)9-12)24-16(28)10-26-8-7-22-11-26/h1-9,11H,10H2,(H,24,25,28). The summed E-state index contributed by atoms with van der Waals surface area (Å²) in [5.74, 6) is -0.594. The Hall–Kier alpha value is -3.89. The molecule has 0 atom stereocenters. The van der Waals surface area contributed by atoms with Crippen molar-refractivity contribution in [1.29, 1.82) is 0 Å². The van der Waals surface area contributed by atoms with Crippen LogP contribution in [-0.4, -0.2) is 36.4 Å². The number of anilines is 1. The number of carbonyl (C=O) groups excluding carboxylic acids is 1. The number of hydrogen-bond acceptors (Lipinski definition) is 5. The topological polar surface area (TPSA) is 86.3 Å². The van der Waals surface area contributed by atoms with Crippen molar-refractivity contribution in [2.75, 3.05) is 5.32 Å². The van der Waals surface area contributed by atoms with Gasteiger partial charge in [-0.3, -0.25) is 10.1 Å². The molecule has 1 N–H and O–H groups in total. The van der Waals surface area contributed by atoms with Crippen molar-refractivity contribution >= 4 is 17.5 Å². The van der Waals surface area contributed by atoms with Gasteiger partial charge in [-0.05, 0) is 18.2 Å². The smallest absolute Gasteiger partial charge is 0.405 e. The molecule has 0 aliphatic heterocycles. The Morgan fingerprint density at radius 1 is 1.17 bits per heavy atom. The minimum atomic E-state index is -4.81. The number of nitrogens with one attached hydrogen (secondary N) is 1. The normalized spacial score (nSPS) is 11.6. The van der Waals surface area contributed by atoms with Gasteiger partial charge in [0.25, 0.3) is 0 Å². The van der Waals surface area contributed by atoms with Gasteiger partial charge in [-0.1, -0.05) is 18.2 Å². The summed E-state index contributed by atoms with van der Waals surface area (Å²) in [5, 5.41) is 6.73. The van der Waals surface area contributed by atoms with E-state index >= 15 is 0 Å². The van der Waals surface area contributed by atoms with Crippen LogP contribution in [0.1, 0.15) is 0 Å². The Bertz CT molecular complexity index is 1150. The first-order valence-electron chi connectivity index (χ1n) is 8.34. The monoisotopic (exact) mass is 402 g/mol. The van der Waals surface area contributed by atoms with Gasteiger partial charge < -0.3 is 9.30 Å². The summed E-state index contributed by atoms with van der Waals surface area (Å²) >= 11 is 0. The Morgan fingerprint density at radius 2 is 2.00 bits per heavy atom. The number of carbonyl (C=O) groups is 1. The van der Waals surface area contributed by atoms with E-state index in [0.717, 1.165) is 0 Å². The molecule has 11 heteroatoms. The van der Waals surface area contributed by atoms with Crippen molar-refractivity contribution in [3.8, 4) is 16.9 Å². The molecule has 0 spiro atoms. The number of benzene rings is 1. The van der Waals surface area contributed by atoms with Gasteiger partial charge in [-0.2, -0.15) is 4.98 Å². The fourth-order valence-corrected chi connectivity index (χ4v) is 2.72. The first-order valence-corrected chi connectivity index (χ1v) is 8.34. The van der Waals surface area contributed by atoms with Gasteiger partial charge in [0, 0.05) is 29.7 Å². The van der Waals surface area contributed by atoms with Gasteiger partial charge in [-0.15, -0.1) is 18.3 Å². The summed E-state index contributed by atoms with van der Waals surface area (Å²) in [7, 11) is 0. The molecule has 0 saturated heterocycles. The van der Waals surface area contributed by atoms with E-state index in [1.54, 1.807) is 35.2 Å². The number of aromatic nitrogens is 5. The van der Waals surface area contributed by atoms with Gasteiger partial charge in [-0.25, -0.2) is 9.50 Å². The minimum absolute atomic E-state index is 0.0446. The lowest BCUT2D eigenvalue weighted by molar-refractivity contribution is -0.274. The molecule has 0 aliphatic rings. The van der Waals surface area contributed by atoms with E-state index in [2.05, 4.69) is 25.1 Å². The largest absolute Gasteiger partial charge is 0.573 e. The Balaban J connectivity index is 1.58. The zero-order valence-corrected chi connectivity index (χ0v) is 14.7. The van der Waals surface area contributed by atoms with E-state index in [-0.39, 0.29) is 29.7 Å². The first kappa shape index (κ1) is 18.5. The number of rotatable bonds is 5. The van der Waals surface area contributed by atoms with E-state index in [9.17, 15) is 18.0 Å². The van der Waals surface area contributed by atoms with Crippen LogP contribution >= 0.6 is 0 Å². The third-order valence-electron chi connectivity index (χ3n) is 3.89. The highest BCUT2D eigenvalue weighted by atomic mass is 19.4. The summed E-state index contributed by atoms with van der Waals surface area (Å²) in [6, 6.07) is 8.97. The highest BCUT2D eigenvalue weighted by Gasteiger charge is 2.32. The number of hydrogen-bond donors (Lipinski definition) is 1. The van der Waals surface area contributed by atoms with Crippen LogP contribution in [0.2, 0.25) is 0 Å². The fourth-order valence-electron chi connectivity index (χ4n) is 2.72. The van der Waals surface area contributed by atoms with Crippen LogP contribution in [0.5, 0.6) is 5.75 Å². The number of fused-ring (bicyclic) bond motifs is 1. The average Bonchev–Trinajstić information content (AvgIpc) is 3.29. The van der Waals surface area contributed by atoms with Gasteiger partial charge >= 0.3 is 6.36 Å². The molecule has 4 aromatic rings. The highest BCUT2D eigenvalue weighted by molar-refractivity contribution is 5.89. The summed E-state index contributed by atoms with van der Waals surface area (Å²) in [5.41, 5.74) is 1.10. The molecule has 0 fully saturated rings. The summed E-state index contributed by atoms with van der Waals surface area (Å²) in [6.45, 7) is 0.0446. The molecule has 0 radical (unpaired) electrons. The molecule has 0 saturated carbocycles. The molecular formula is C18H13F3N6O2. The molecule has 0 aliphatic carbocycles. The van der Waals surface area contributed by atoms with Crippen molar-refractivity contribution in [1.82, 2.24) is 24.1 Å². The van der Waals surface area contributed by atoms with Crippen LogP contribution in [0.25, 0.3) is 16.8 Å². The van der Waals surface area contributed by atoms with Crippen molar-refractivity contribution in [3.63, 3.8) is 0 Å². The maximum absolute atomic E-state index is 12.7. The third-order valence-corrected chi connectivity index (χ3v) is 3.89. The Kier molecular flexibility index (Phi) is 4.63. The minimum Gasteiger partial charge on any atom is -0.405 e. The lowest BCUT2D eigenvalue weighted by Gasteiger charge is -2.13. The summed E-state index contributed by atoms with van der Waals surface area (Å²) < 4.78 is 45.0. The number of ether oxygens (including phenoxy) is 1. The van der Waals surface area contributed by atoms with Gasteiger partial charge in [0.2, 0.25) is 11.9 Å². The molecule has 3 aromatic heterocycles. The van der Waals surface area contributed by atoms with E-state index in [1.807, 2.05) is 0 Å². The van der Waals surface area contributed by atoms with Crippen molar-refractivity contribution < 1.29 is 22.7 Å². The van der Waals surface area contributed by atoms with Crippen LogP contribution in [-0.2, 0) is 11.3 Å². The lowest BCUT2D eigenvalue weighted by Crippen LogP contribution is -2.18. The molecule has 4 rings (SSSR count). The third kappa shape index (κ3) is 4.34. The van der Waals surface area contributed by atoms with Crippen molar-refractivity contribution in [2.45, 2.75) is 12.9 Å². The molecule has 1 aromatic carbocycles. The van der Waals surface area contributed by atoms with Crippen LogP contribution in [0, 0.1) is 0 Å². The lowest BCUT2D eigenvalue weighted by atomic mass is 10.1. The van der Waals surface area contributed by atoms with E-state index < -0.39 is 6.36 Å². The zero-order chi connectivity index (χ0) is 20.4. The maximum atomic E-state index is 12.7. The van der Waals surface area contributed by atoms with Crippen molar-refractivity contribution in [2.24, 2.45) is 0 Å². The number of alkyl halides is 3. The van der Waals surface area contributed by atoms with Crippen LogP contribution in [0.15, 0.2) is 61.3 Å². The van der Waals surface area contributed by atoms with Gasteiger partial charge in [0.1, 0.15) is 12.3 Å². The quantitative estimate of drug-likeness (QED) is 0.554. The van der Waals surface area contributed by atoms with E-state index in [0.29, 0.717) is 11.2 Å². The van der Waals surface area contributed by atoms with E-state index in [4.69, 9.17) is 0 Å². The predicted molar refractivity (Wildman–Crippen MR) is 96.0 cm³/mol. The second-order valence-corrected chi connectivity index (χ2v) is 5.98. The summed E-state index contributed by atoms with van der Waals surface area (Å²) in [6.07, 6.45) is 1.40. The predicted octanol–water partition coefficient (Wildman–Crippen LogP) is 3.13. The second kappa shape index (κ2) is 7.26. The molecule has 29 heavy (non-hydrogen) atoms. The molecular weight excluding hydrogens is 389 g/mol. The molecule has 148 valence electrons. The van der Waals surface area contributed by atoms with Crippen LogP contribution < -0.4 is 10.1 Å². The number of para-hydroxylation sites is 1. The molecule has 1 amide bonds. The SMILES string of the molecule is O=C(Cn1ccnc1)Nc1nc2ccc(-c3ccccc3OC(F)(F)F)cn2n1. The first-order chi connectivity index (χ1) is 13.9. The fraction of sp³-hybridized carbons (Fsp3) is 0.111. The second-order valence-electron chi connectivity index (χ2n) is 5.98. The number of pyridine rings is 1. The zero-order valence-electron chi connectivity index (χ0n) is 14.7. The van der Waals surface area contributed by atoms with Crippen LogP contribution in [0.4, 0.5) is 19.1 Å². The Labute approximate surface area is 161 Å². The molecule has 8 nitrogen and oxygen atoms in total. The molecule has 3 heterocycles. The molecule has 0 bridgehead atoms. The average molecular weight is 402 g/mol. The Morgan fingerprint density at radius 3 is 2.76 bits per heavy atom. The maximum Gasteiger partial charge on any atom is 0.573 e. The van der Waals surface area contributed by atoms with Crippen LogP contribution in [0.3, 0.4) is 0 Å². The number of nitrogens with zero attached hydrogens (tertiary/aromatic N) is 5. The number of halogens is 3. The van der Waals surface area contributed by atoms with Crippen molar-refractivity contribution in [3.05, 3.63) is 61.3 Å². The number of amides is 1. The van der Waals surface area contributed by atoms with Gasteiger partial charge in [0.15, 0.2) is 5.65 Å². The molecule has 0 unspecified atom stereocenters. The number of imidazole rings is 1. The summed E-state index contributed by atoms with van der Waals surface area (Å²) in [4.78, 5) is 20.1. The van der Waals surface area contributed by atoms with E-state index in [1.165, 1.54) is 35.2 Å². The highest BCUT2D eigenvalue weighted by Crippen LogP contribution is 2.33.